The number of rotatable bonds is 2. The van der Waals surface area contributed by atoms with Gasteiger partial charge in [-0.15, -0.1) is 0 Å². The number of amides is 1. The molecule has 1 atom stereocenters. The second-order valence-corrected chi connectivity index (χ2v) is 6.03. The smallest absolute Gasteiger partial charge is 0.234 e. The molecule has 3 aromatic rings. The zero-order valence-electron chi connectivity index (χ0n) is 13.5. The highest BCUT2D eigenvalue weighted by molar-refractivity contribution is 5.73. The molecule has 0 spiro atoms. The van der Waals surface area contributed by atoms with E-state index in [1.807, 2.05) is 21.6 Å². The van der Waals surface area contributed by atoms with Crippen LogP contribution in [-0.2, 0) is 4.79 Å². The summed E-state index contributed by atoms with van der Waals surface area (Å²) in [5, 5.41) is 0. The van der Waals surface area contributed by atoms with Crippen LogP contribution < -0.4 is 0 Å². The van der Waals surface area contributed by atoms with Crippen LogP contribution in [0.5, 0.6) is 0 Å². The standard InChI is InChI=1S/C17H18N6O/c1-12(24)22-8-2-4-13(11-22)15-16(19-7-6-18-15)14-10-21-17-20-5-3-9-23(14)17/h3,5-7,9-10,13H,2,4,8,11H2,1H3. The van der Waals surface area contributed by atoms with E-state index in [9.17, 15) is 4.79 Å². The molecule has 1 aliphatic rings. The van der Waals surface area contributed by atoms with Crippen molar-refractivity contribution in [3.8, 4) is 11.4 Å². The van der Waals surface area contributed by atoms with Crippen LogP contribution in [-0.4, -0.2) is 48.2 Å². The van der Waals surface area contributed by atoms with Gasteiger partial charge >= 0.3 is 0 Å². The van der Waals surface area contributed by atoms with Gasteiger partial charge in [-0.1, -0.05) is 0 Å². The van der Waals surface area contributed by atoms with Crippen LogP contribution >= 0.6 is 0 Å². The van der Waals surface area contributed by atoms with Crippen molar-refractivity contribution < 1.29 is 4.79 Å². The first kappa shape index (κ1) is 14.7. The molecule has 3 aromatic heterocycles. The van der Waals surface area contributed by atoms with E-state index in [4.69, 9.17) is 0 Å². The Labute approximate surface area is 139 Å². The molecule has 1 aliphatic heterocycles. The summed E-state index contributed by atoms with van der Waals surface area (Å²) < 4.78 is 1.92. The quantitative estimate of drug-likeness (QED) is 0.720. The summed E-state index contributed by atoms with van der Waals surface area (Å²) in [6, 6.07) is 1.87. The molecular formula is C17H18N6O. The van der Waals surface area contributed by atoms with Crippen molar-refractivity contribution >= 4 is 11.7 Å². The average molecular weight is 322 g/mol. The lowest BCUT2D eigenvalue weighted by molar-refractivity contribution is -0.130. The molecule has 24 heavy (non-hydrogen) atoms. The van der Waals surface area contributed by atoms with Crippen LogP contribution in [0.15, 0.2) is 37.1 Å². The Balaban J connectivity index is 1.77. The molecule has 122 valence electrons. The first-order valence-electron chi connectivity index (χ1n) is 8.09. The van der Waals surface area contributed by atoms with Gasteiger partial charge in [0.15, 0.2) is 0 Å². The van der Waals surface area contributed by atoms with Gasteiger partial charge in [-0.25, -0.2) is 9.97 Å². The second-order valence-electron chi connectivity index (χ2n) is 6.03. The van der Waals surface area contributed by atoms with E-state index in [1.54, 1.807) is 31.7 Å². The number of aromatic nitrogens is 5. The van der Waals surface area contributed by atoms with Crippen molar-refractivity contribution in [2.24, 2.45) is 0 Å². The third-order valence-electron chi connectivity index (χ3n) is 4.51. The molecule has 4 heterocycles. The average Bonchev–Trinajstić information content (AvgIpc) is 3.06. The number of carbonyl (C=O) groups excluding carboxylic acids is 1. The Morgan fingerprint density at radius 1 is 1.17 bits per heavy atom. The van der Waals surface area contributed by atoms with E-state index in [0.717, 1.165) is 36.5 Å². The van der Waals surface area contributed by atoms with Crippen molar-refractivity contribution in [2.75, 3.05) is 13.1 Å². The van der Waals surface area contributed by atoms with Gasteiger partial charge in [0.2, 0.25) is 11.7 Å². The molecule has 0 saturated carbocycles. The van der Waals surface area contributed by atoms with Crippen molar-refractivity contribution in [3.63, 3.8) is 0 Å². The van der Waals surface area contributed by atoms with Gasteiger partial charge in [0.1, 0.15) is 5.69 Å². The van der Waals surface area contributed by atoms with E-state index in [2.05, 4.69) is 19.9 Å². The monoisotopic (exact) mass is 322 g/mol. The molecule has 1 fully saturated rings. The molecular weight excluding hydrogens is 304 g/mol. The molecule has 7 heteroatoms. The summed E-state index contributed by atoms with van der Waals surface area (Å²) >= 11 is 0. The number of imidazole rings is 1. The summed E-state index contributed by atoms with van der Waals surface area (Å²) in [5.41, 5.74) is 2.61. The molecule has 1 unspecified atom stereocenters. The van der Waals surface area contributed by atoms with Gasteiger partial charge < -0.3 is 4.90 Å². The first-order valence-corrected chi connectivity index (χ1v) is 8.09. The first-order chi connectivity index (χ1) is 11.7. The predicted octanol–water partition coefficient (Wildman–Crippen LogP) is 1.91. The zero-order chi connectivity index (χ0) is 16.5. The maximum Gasteiger partial charge on any atom is 0.234 e. The van der Waals surface area contributed by atoms with Crippen LogP contribution in [0.25, 0.3) is 17.2 Å². The summed E-state index contributed by atoms with van der Waals surface area (Å²) in [6.45, 7) is 3.13. The predicted molar refractivity (Wildman–Crippen MR) is 88.2 cm³/mol. The van der Waals surface area contributed by atoms with Crippen molar-refractivity contribution in [3.05, 3.63) is 42.7 Å². The fraction of sp³-hybridized carbons (Fsp3) is 0.353. The minimum Gasteiger partial charge on any atom is -0.342 e. The minimum absolute atomic E-state index is 0.115. The highest BCUT2D eigenvalue weighted by atomic mass is 16.2. The number of nitrogens with zero attached hydrogens (tertiary/aromatic N) is 6. The van der Waals surface area contributed by atoms with Gasteiger partial charge in [-0.05, 0) is 18.9 Å². The van der Waals surface area contributed by atoms with Crippen LogP contribution in [0.2, 0.25) is 0 Å². The van der Waals surface area contributed by atoms with Crippen molar-refractivity contribution in [2.45, 2.75) is 25.7 Å². The van der Waals surface area contributed by atoms with Gasteiger partial charge in [-0.2, -0.15) is 0 Å². The Bertz CT molecular complexity index is 889. The molecule has 0 N–H and O–H groups in total. The van der Waals surface area contributed by atoms with E-state index < -0.39 is 0 Å². The van der Waals surface area contributed by atoms with Gasteiger partial charge in [0.05, 0.1) is 17.6 Å². The third kappa shape index (κ3) is 2.51. The van der Waals surface area contributed by atoms with Crippen molar-refractivity contribution in [1.29, 1.82) is 0 Å². The fourth-order valence-corrected chi connectivity index (χ4v) is 3.33. The Morgan fingerprint density at radius 3 is 2.92 bits per heavy atom. The van der Waals surface area contributed by atoms with Gasteiger partial charge in [-0.3, -0.25) is 19.2 Å². The normalized spacial score (nSPS) is 18.0. The summed E-state index contributed by atoms with van der Waals surface area (Å²) in [6.07, 6.45) is 10.8. The summed E-state index contributed by atoms with van der Waals surface area (Å²) in [4.78, 5) is 31.4. The highest BCUT2D eigenvalue weighted by Crippen LogP contribution is 2.31. The third-order valence-corrected chi connectivity index (χ3v) is 4.51. The minimum atomic E-state index is 0.115. The molecule has 7 nitrogen and oxygen atoms in total. The topological polar surface area (TPSA) is 76.3 Å². The molecule has 0 aliphatic carbocycles. The number of carbonyl (C=O) groups is 1. The lowest BCUT2D eigenvalue weighted by Gasteiger charge is -2.32. The number of piperidine rings is 1. The number of fused-ring (bicyclic) bond motifs is 1. The molecule has 4 rings (SSSR count). The molecule has 1 amide bonds. The maximum atomic E-state index is 11.7. The summed E-state index contributed by atoms with van der Waals surface area (Å²) in [5.74, 6) is 0.941. The molecule has 1 saturated heterocycles. The van der Waals surface area contributed by atoms with Crippen LogP contribution in [0.4, 0.5) is 0 Å². The lowest BCUT2D eigenvalue weighted by Crippen LogP contribution is -2.38. The van der Waals surface area contributed by atoms with Crippen LogP contribution in [0.3, 0.4) is 0 Å². The van der Waals surface area contributed by atoms with Gasteiger partial charge in [0, 0.05) is 50.7 Å². The largest absolute Gasteiger partial charge is 0.342 e. The van der Waals surface area contributed by atoms with E-state index in [1.165, 1.54) is 0 Å². The Kier molecular flexibility index (Phi) is 3.68. The van der Waals surface area contributed by atoms with E-state index in [0.29, 0.717) is 12.3 Å². The zero-order valence-corrected chi connectivity index (χ0v) is 13.5. The SMILES string of the molecule is CC(=O)N1CCCC(c2nccnc2-c2cnc3ncccn23)C1. The summed E-state index contributed by atoms with van der Waals surface area (Å²) in [7, 11) is 0. The number of hydrogen-bond acceptors (Lipinski definition) is 5. The molecule has 0 radical (unpaired) electrons. The van der Waals surface area contributed by atoms with Gasteiger partial charge in [0.25, 0.3) is 0 Å². The van der Waals surface area contributed by atoms with E-state index >= 15 is 0 Å². The fourth-order valence-electron chi connectivity index (χ4n) is 3.33. The van der Waals surface area contributed by atoms with E-state index in [-0.39, 0.29) is 11.8 Å². The maximum absolute atomic E-state index is 11.7. The van der Waals surface area contributed by atoms with Crippen molar-refractivity contribution in [1.82, 2.24) is 29.2 Å². The Hall–Kier alpha value is -2.83. The Morgan fingerprint density at radius 2 is 2.04 bits per heavy atom. The second kappa shape index (κ2) is 5.99. The highest BCUT2D eigenvalue weighted by Gasteiger charge is 2.27. The lowest BCUT2D eigenvalue weighted by atomic mass is 9.92. The molecule has 0 bridgehead atoms. The number of hydrogen-bond donors (Lipinski definition) is 0. The van der Waals surface area contributed by atoms with Crippen LogP contribution in [0, 0.1) is 0 Å². The number of likely N-dealkylation sites (tertiary alicyclic amines) is 1. The molecule has 0 aromatic carbocycles. The van der Waals surface area contributed by atoms with Crippen LogP contribution in [0.1, 0.15) is 31.4 Å².